The van der Waals surface area contributed by atoms with Gasteiger partial charge in [0.15, 0.2) is 0 Å². The normalized spacial score (nSPS) is 16.4. The van der Waals surface area contributed by atoms with Crippen molar-refractivity contribution in [1.82, 2.24) is 5.32 Å². The van der Waals surface area contributed by atoms with Gasteiger partial charge in [0.2, 0.25) is 0 Å². The van der Waals surface area contributed by atoms with Crippen LogP contribution in [-0.4, -0.2) is 19.6 Å². The molecule has 0 aromatic heterocycles. The Morgan fingerprint density at radius 1 is 1.19 bits per heavy atom. The van der Waals surface area contributed by atoms with Gasteiger partial charge in [-0.25, -0.2) is 0 Å². The molecule has 0 atom stereocenters. The summed E-state index contributed by atoms with van der Waals surface area (Å²) in [6.45, 7) is 9.01. The Morgan fingerprint density at radius 2 is 1.95 bits per heavy atom. The van der Waals surface area contributed by atoms with E-state index in [4.69, 9.17) is 0 Å². The van der Waals surface area contributed by atoms with Crippen molar-refractivity contribution in [2.75, 3.05) is 24.5 Å². The van der Waals surface area contributed by atoms with E-state index >= 15 is 0 Å². The zero-order valence-electron chi connectivity index (χ0n) is 13.5. The molecular weight excluding hydrogens is 324 g/mol. The van der Waals surface area contributed by atoms with Crippen LogP contribution < -0.4 is 10.2 Å². The first-order valence-electron chi connectivity index (χ1n) is 8.48. The third-order valence-corrected chi connectivity index (χ3v) is 4.93. The van der Waals surface area contributed by atoms with Crippen LogP contribution in [0.15, 0.2) is 22.7 Å². The van der Waals surface area contributed by atoms with Gasteiger partial charge >= 0.3 is 0 Å². The summed E-state index contributed by atoms with van der Waals surface area (Å²) >= 11 is 3.61. The van der Waals surface area contributed by atoms with Crippen LogP contribution in [0.25, 0.3) is 0 Å². The molecule has 0 unspecified atom stereocenters. The summed E-state index contributed by atoms with van der Waals surface area (Å²) in [5.74, 6) is 0.948. The van der Waals surface area contributed by atoms with E-state index in [0.717, 1.165) is 19.0 Å². The second-order valence-corrected chi connectivity index (χ2v) is 7.08. The molecule has 1 aromatic carbocycles. The molecule has 0 amide bonds. The van der Waals surface area contributed by atoms with Gasteiger partial charge < -0.3 is 10.2 Å². The molecule has 21 heavy (non-hydrogen) atoms. The molecule has 0 bridgehead atoms. The van der Waals surface area contributed by atoms with Crippen LogP contribution in [0, 0.1) is 5.92 Å². The molecule has 1 N–H and O–H groups in total. The minimum Gasteiger partial charge on any atom is -0.371 e. The number of benzene rings is 1. The Balaban J connectivity index is 2.01. The molecule has 1 aliphatic rings. The maximum Gasteiger partial charge on any atom is 0.0412 e. The van der Waals surface area contributed by atoms with Gasteiger partial charge in [-0.15, -0.1) is 0 Å². The van der Waals surface area contributed by atoms with E-state index in [1.807, 2.05) is 0 Å². The number of rotatable bonds is 7. The topological polar surface area (TPSA) is 15.3 Å². The Hall–Kier alpha value is -0.540. The van der Waals surface area contributed by atoms with E-state index in [1.165, 1.54) is 60.9 Å². The molecule has 118 valence electrons. The quantitative estimate of drug-likeness (QED) is 0.697. The number of halogens is 1. The van der Waals surface area contributed by atoms with Gasteiger partial charge in [0.25, 0.3) is 0 Å². The fraction of sp³-hybridized carbons (Fsp3) is 0.667. The van der Waals surface area contributed by atoms with Crippen LogP contribution in [-0.2, 0) is 6.54 Å². The molecule has 2 rings (SSSR count). The summed E-state index contributed by atoms with van der Waals surface area (Å²) in [6.07, 6.45) is 6.62. The standard InChI is InChI=1S/C18H29BrN2/c1-3-5-15-8-11-21(12-9-15)18-7-6-17(19)13-16(18)14-20-10-4-2/h6-7,13,15,20H,3-5,8-12,14H2,1-2H3. The SMILES string of the molecule is CCCNCc1cc(Br)ccc1N1CCC(CCC)CC1. The van der Waals surface area contributed by atoms with Gasteiger partial charge in [0.1, 0.15) is 0 Å². The highest BCUT2D eigenvalue weighted by atomic mass is 79.9. The first-order chi connectivity index (χ1) is 10.2. The maximum atomic E-state index is 3.61. The van der Waals surface area contributed by atoms with Crippen LogP contribution in [0.2, 0.25) is 0 Å². The predicted molar refractivity (Wildman–Crippen MR) is 96.0 cm³/mol. The molecular formula is C18H29BrN2. The molecule has 1 fully saturated rings. The van der Waals surface area contributed by atoms with Crippen LogP contribution in [0.5, 0.6) is 0 Å². The van der Waals surface area contributed by atoms with Crippen molar-refractivity contribution in [1.29, 1.82) is 0 Å². The number of hydrogen-bond donors (Lipinski definition) is 1. The fourth-order valence-electron chi connectivity index (χ4n) is 3.27. The van der Waals surface area contributed by atoms with Gasteiger partial charge in [-0.05, 0) is 55.5 Å². The van der Waals surface area contributed by atoms with E-state index in [9.17, 15) is 0 Å². The molecule has 1 saturated heterocycles. The van der Waals surface area contributed by atoms with Crippen molar-refractivity contribution >= 4 is 21.6 Å². The van der Waals surface area contributed by atoms with Gasteiger partial charge in [-0.2, -0.15) is 0 Å². The summed E-state index contributed by atoms with van der Waals surface area (Å²) in [5.41, 5.74) is 2.85. The molecule has 2 nitrogen and oxygen atoms in total. The Labute approximate surface area is 138 Å². The van der Waals surface area contributed by atoms with E-state index in [2.05, 4.69) is 58.2 Å². The van der Waals surface area contributed by atoms with Crippen molar-refractivity contribution in [3.8, 4) is 0 Å². The number of hydrogen-bond acceptors (Lipinski definition) is 2. The van der Waals surface area contributed by atoms with Crippen molar-refractivity contribution in [3.63, 3.8) is 0 Å². The second-order valence-electron chi connectivity index (χ2n) is 6.17. The van der Waals surface area contributed by atoms with Crippen molar-refractivity contribution in [2.45, 2.75) is 52.5 Å². The zero-order chi connectivity index (χ0) is 15.1. The highest BCUT2D eigenvalue weighted by Gasteiger charge is 2.20. The third-order valence-electron chi connectivity index (χ3n) is 4.44. The lowest BCUT2D eigenvalue weighted by atomic mass is 9.92. The van der Waals surface area contributed by atoms with Gasteiger partial charge in [0.05, 0.1) is 0 Å². The number of anilines is 1. The lowest BCUT2D eigenvalue weighted by Crippen LogP contribution is -2.34. The highest BCUT2D eigenvalue weighted by molar-refractivity contribution is 9.10. The molecule has 3 heteroatoms. The Morgan fingerprint density at radius 3 is 2.62 bits per heavy atom. The zero-order valence-corrected chi connectivity index (χ0v) is 15.1. The van der Waals surface area contributed by atoms with Crippen LogP contribution in [0.1, 0.15) is 51.5 Å². The monoisotopic (exact) mass is 352 g/mol. The van der Waals surface area contributed by atoms with E-state index in [0.29, 0.717) is 0 Å². The molecule has 0 aliphatic carbocycles. The summed E-state index contributed by atoms with van der Waals surface area (Å²) in [4.78, 5) is 2.58. The lowest BCUT2D eigenvalue weighted by Gasteiger charge is -2.35. The maximum absolute atomic E-state index is 3.61. The summed E-state index contributed by atoms with van der Waals surface area (Å²) in [5, 5.41) is 3.54. The Bertz CT molecular complexity index is 425. The minimum absolute atomic E-state index is 0.948. The summed E-state index contributed by atoms with van der Waals surface area (Å²) < 4.78 is 1.18. The first-order valence-corrected chi connectivity index (χ1v) is 9.28. The van der Waals surface area contributed by atoms with E-state index in [-0.39, 0.29) is 0 Å². The summed E-state index contributed by atoms with van der Waals surface area (Å²) in [6, 6.07) is 6.74. The first kappa shape index (κ1) is 16.8. The van der Waals surface area contributed by atoms with Crippen molar-refractivity contribution < 1.29 is 0 Å². The van der Waals surface area contributed by atoms with Gasteiger partial charge in [-0.1, -0.05) is 42.6 Å². The number of nitrogens with one attached hydrogen (secondary N) is 1. The van der Waals surface area contributed by atoms with Crippen LogP contribution >= 0.6 is 15.9 Å². The highest BCUT2D eigenvalue weighted by Crippen LogP contribution is 2.30. The molecule has 0 saturated carbocycles. The lowest BCUT2D eigenvalue weighted by molar-refractivity contribution is 0.378. The number of piperidine rings is 1. The minimum atomic E-state index is 0.948. The van der Waals surface area contributed by atoms with E-state index < -0.39 is 0 Å². The van der Waals surface area contributed by atoms with Gasteiger partial charge in [-0.3, -0.25) is 0 Å². The molecule has 0 radical (unpaired) electrons. The predicted octanol–water partition coefficient (Wildman–Crippen LogP) is 4.97. The van der Waals surface area contributed by atoms with Gasteiger partial charge in [0, 0.05) is 29.8 Å². The molecule has 1 heterocycles. The number of nitrogens with zero attached hydrogens (tertiary/aromatic N) is 1. The summed E-state index contributed by atoms with van der Waals surface area (Å²) in [7, 11) is 0. The molecule has 1 aliphatic heterocycles. The van der Waals surface area contributed by atoms with E-state index in [1.54, 1.807) is 0 Å². The second kappa shape index (κ2) is 8.79. The third kappa shape index (κ3) is 5.00. The largest absolute Gasteiger partial charge is 0.371 e. The fourth-order valence-corrected chi connectivity index (χ4v) is 3.68. The average Bonchev–Trinajstić information content (AvgIpc) is 2.49. The average molecular weight is 353 g/mol. The molecule has 1 aromatic rings. The molecule has 0 spiro atoms. The smallest absolute Gasteiger partial charge is 0.0412 e. The van der Waals surface area contributed by atoms with Crippen molar-refractivity contribution in [3.05, 3.63) is 28.2 Å². The van der Waals surface area contributed by atoms with Crippen LogP contribution in [0.3, 0.4) is 0 Å². The van der Waals surface area contributed by atoms with Crippen molar-refractivity contribution in [2.24, 2.45) is 5.92 Å². The Kier molecular flexibility index (Phi) is 7.05. The van der Waals surface area contributed by atoms with Crippen LogP contribution in [0.4, 0.5) is 5.69 Å².